The summed E-state index contributed by atoms with van der Waals surface area (Å²) < 4.78 is 5.53. The van der Waals surface area contributed by atoms with Crippen molar-refractivity contribution in [1.82, 2.24) is 15.5 Å². The van der Waals surface area contributed by atoms with E-state index in [0.29, 0.717) is 5.56 Å². The third-order valence-corrected chi connectivity index (χ3v) is 6.55. The number of guanidine groups is 1. The molecule has 2 atom stereocenters. The second-order valence-electron chi connectivity index (χ2n) is 11.9. The summed E-state index contributed by atoms with van der Waals surface area (Å²) in [5, 5.41) is 5.89. The maximum absolute atomic E-state index is 13.3. The molecule has 3 rings (SSSR count). The van der Waals surface area contributed by atoms with Crippen LogP contribution in [-0.4, -0.2) is 47.3 Å². The monoisotopic (exact) mass is 570 g/mol. The van der Waals surface area contributed by atoms with E-state index in [0.717, 1.165) is 23.0 Å². The van der Waals surface area contributed by atoms with Crippen molar-refractivity contribution in [2.75, 3.05) is 7.05 Å². The topological polar surface area (TPSA) is 100 Å². The smallest absolute Gasteiger partial charge is 0.414 e. The second kappa shape index (κ2) is 13.9. The van der Waals surface area contributed by atoms with Crippen LogP contribution in [0.1, 0.15) is 87.1 Å². The normalized spacial score (nSPS) is 13.5. The Morgan fingerprint density at radius 2 is 1.45 bits per heavy atom. The lowest BCUT2D eigenvalue weighted by Crippen LogP contribution is -2.47. The standard InChI is InChI=1S/C34H42N4O4/c1-24(25-15-10-8-11-16-25)35-30(40)28-20-14-19-27(23-28)29(26-17-12-9-13-18-26)38(7)31(37-34(5,6)21-22-39)36-32(41)42-33(2,3)4/h8-20,22-24,29H,21H2,1-7H3,(H,35,40)(H,36,37,41). The first-order chi connectivity index (χ1) is 19.8. The molecule has 3 aromatic rings. The molecule has 0 aliphatic heterocycles. The largest absolute Gasteiger partial charge is 0.444 e. The van der Waals surface area contributed by atoms with Gasteiger partial charge in [0.05, 0.1) is 17.6 Å². The van der Waals surface area contributed by atoms with Crippen molar-refractivity contribution in [3.63, 3.8) is 0 Å². The van der Waals surface area contributed by atoms with Gasteiger partial charge in [0, 0.05) is 19.0 Å². The van der Waals surface area contributed by atoms with Crippen LogP contribution < -0.4 is 10.6 Å². The number of aliphatic imine (C=N–C) groups is 1. The number of carbonyl (C=O) groups excluding carboxylic acids is 3. The van der Waals surface area contributed by atoms with E-state index in [1.807, 2.05) is 112 Å². The Hall–Kier alpha value is -4.46. The first-order valence-electron chi connectivity index (χ1n) is 14.1. The van der Waals surface area contributed by atoms with Gasteiger partial charge in [-0.25, -0.2) is 9.79 Å². The van der Waals surface area contributed by atoms with Crippen LogP contribution in [0, 0.1) is 0 Å². The van der Waals surface area contributed by atoms with Gasteiger partial charge < -0.3 is 19.7 Å². The number of nitrogens with one attached hydrogen (secondary N) is 2. The summed E-state index contributed by atoms with van der Waals surface area (Å²) in [6.07, 6.45) is 0.303. The van der Waals surface area contributed by atoms with E-state index >= 15 is 0 Å². The van der Waals surface area contributed by atoms with Gasteiger partial charge >= 0.3 is 6.09 Å². The number of alkyl carbamates (subject to hydrolysis) is 1. The Morgan fingerprint density at radius 3 is 2.02 bits per heavy atom. The summed E-state index contributed by atoms with van der Waals surface area (Å²) in [4.78, 5) is 44.3. The number of rotatable bonds is 9. The summed E-state index contributed by atoms with van der Waals surface area (Å²) in [7, 11) is 1.81. The van der Waals surface area contributed by atoms with Gasteiger partial charge in [-0.3, -0.25) is 10.1 Å². The molecule has 2 unspecified atom stereocenters. The molecule has 0 saturated carbocycles. The van der Waals surface area contributed by atoms with Gasteiger partial charge in [-0.1, -0.05) is 72.8 Å². The lowest BCUT2D eigenvalue weighted by molar-refractivity contribution is -0.108. The van der Waals surface area contributed by atoms with Gasteiger partial charge in [0.2, 0.25) is 5.96 Å². The van der Waals surface area contributed by atoms with Gasteiger partial charge in [-0.15, -0.1) is 0 Å². The van der Waals surface area contributed by atoms with Crippen molar-refractivity contribution in [3.8, 4) is 0 Å². The van der Waals surface area contributed by atoms with E-state index in [9.17, 15) is 14.4 Å². The van der Waals surface area contributed by atoms with Crippen LogP contribution >= 0.6 is 0 Å². The lowest BCUT2D eigenvalue weighted by atomic mass is 9.95. The minimum atomic E-state index is -0.795. The highest BCUT2D eigenvalue weighted by Crippen LogP contribution is 2.29. The Labute approximate surface area is 249 Å². The van der Waals surface area contributed by atoms with Crippen LogP contribution in [0.15, 0.2) is 89.9 Å². The number of aldehydes is 1. The zero-order valence-corrected chi connectivity index (χ0v) is 25.5. The molecule has 0 aromatic heterocycles. The molecule has 2 N–H and O–H groups in total. The summed E-state index contributed by atoms with van der Waals surface area (Å²) in [6.45, 7) is 10.9. The maximum Gasteiger partial charge on any atom is 0.414 e. The molecule has 42 heavy (non-hydrogen) atoms. The van der Waals surface area contributed by atoms with Crippen molar-refractivity contribution in [3.05, 3.63) is 107 Å². The third kappa shape index (κ3) is 9.29. The minimum absolute atomic E-state index is 0.158. The maximum atomic E-state index is 13.3. The molecular formula is C34H42N4O4. The van der Waals surface area contributed by atoms with Gasteiger partial charge in [0.15, 0.2) is 0 Å². The Bertz CT molecular complexity index is 1380. The number of amides is 2. The van der Waals surface area contributed by atoms with Crippen LogP contribution in [0.4, 0.5) is 4.79 Å². The van der Waals surface area contributed by atoms with Crippen molar-refractivity contribution in [2.24, 2.45) is 4.99 Å². The van der Waals surface area contributed by atoms with E-state index in [2.05, 4.69) is 10.6 Å². The Balaban J connectivity index is 2.03. The molecule has 0 radical (unpaired) electrons. The lowest BCUT2D eigenvalue weighted by Gasteiger charge is -2.34. The summed E-state index contributed by atoms with van der Waals surface area (Å²) in [5.41, 5.74) is 1.73. The fourth-order valence-electron chi connectivity index (χ4n) is 4.48. The van der Waals surface area contributed by atoms with Crippen LogP contribution in [0.3, 0.4) is 0 Å². The number of benzene rings is 3. The van der Waals surface area contributed by atoms with E-state index in [1.54, 1.807) is 26.8 Å². The molecule has 0 aliphatic rings. The molecule has 0 spiro atoms. The Kier molecular flexibility index (Phi) is 10.6. The van der Waals surface area contributed by atoms with Gasteiger partial charge in [-0.2, -0.15) is 0 Å². The van der Waals surface area contributed by atoms with E-state index < -0.39 is 23.3 Å². The summed E-state index contributed by atoms with van der Waals surface area (Å²) in [6, 6.07) is 26.3. The fraction of sp³-hybridized carbons (Fsp3) is 0.353. The molecule has 8 heteroatoms. The Morgan fingerprint density at radius 1 is 0.881 bits per heavy atom. The number of hydrogen-bond acceptors (Lipinski definition) is 5. The zero-order chi connectivity index (χ0) is 30.9. The number of nitrogens with zero attached hydrogens (tertiary/aromatic N) is 2. The van der Waals surface area contributed by atoms with Crippen molar-refractivity contribution in [2.45, 2.75) is 71.2 Å². The molecule has 0 fully saturated rings. The van der Waals surface area contributed by atoms with Crippen LogP contribution in [0.2, 0.25) is 0 Å². The molecule has 0 saturated heterocycles. The predicted molar refractivity (Wildman–Crippen MR) is 166 cm³/mol. The number of hydrogen-bond donors (Lipinski definition) is 2. The molecular weight excluding hydrogens is 528 g/mol. The molecule has 222 valence electrons. The molecule has 3 aromatic carbocycles. The highest BCUT2D eigenvalue weighted by molar-refractivity contribution is 5.96. The molecule has 0 heterocycles. The van der Waals surface area contributed by atoms with Crippen LogP contribution in [-0.2, 0) is 9.53 Å². The van der Waals surface area contributed by atoms with E-state index in [1.165, 1.54) is 0 Å². The van der Waals surface area contributed by atoms with Crippen LogP contribution in [0.25, 0.3) is 0 Å². The average molecular weight is 571 g/mol. The first-order valence-corrected chi connectivity index (χ1v) is 14.1. The second-order valence-corrected chi connectivity index (χ2v) is 11.9. The number of ether oxygens (including phenoxy) is 1. The van der Waals surface area contributed by atoms with Gasteiger partial charge in [0.25, 0.3) is 5.91 Å². The quantitative estimate of drug-likeness (QED) is 0.175. The van der Waals surface area contributed by atoms with Gasteiger partial charge in [0.1, 0.15) is 11.9 Å². The number of carbonyl (C=O) groups is 3. The zero-order valence-electron chi connectivity index (χ0n) is 25.5. The predicted octanol–water partition coefficient (Wildman–Crippen LogP) is 6.45. The van der Waals surface area contributed by atoms with Gasteiger partial charge in [-0.05, 0) is 70.4 Å². The minimum Gasteiger partial charge on any atom is -0.444 e. The highest BCUT2D eigenvalue weighted by atomic mass is 16.6. The van der Waals surface area contributed by atoms with Crippen molar-refractivity contribution >= 4 is 24.2 Å². The average Bonchev–Trinajstić information content (AvgIpc) is 2.93. The van der Waals surface area contributed by atoms with E-state index in [4.69, 9.17) is 9.73 Å². The van der Waals surface area contributed by atoms with E-state index in [-0.39, 0.29) is 24.3 Å². The van der Waals surface area contributed by atoms with Crippen LogP contribution in [0.5, 0.6) is 0 Å². The van der Waals surface area contributed by atoms with Crippen molar-refractivity contribution in [1.29, 1.82) is 0 Å². The van der Waals surface area contributed by atoms with Crippen molar-refractivity contribution < 1.29 is 19.1 Å². The molecule has 8 nitrogen and oxygen atoms in total. The first kappa shape index (κ1) is 32.1. The molecule has 0 bridgehead atoms. The molecule has 2 amide bonds. The third-order valence-electron chi connectivity index (χ3n) is 6.55. The summed E-state index contributed by atoms with van der Waals surface area (Å²) >= 11 is 0. The SMILES string of the molecule is CC(NC(=O)c1cccc(C(c2ccccc2)N(C)C(=NC(C)(C)CC=O)NC(=O)OC(C)(C)C)c1)c1ccccc1. The molecule has 0 aliphatic carbocycles. The fourth-order valence-corrected chi connectivity index (χ4v) is 4.48. The summed E-state index contributed by atoms with van der Waals surface area (Å²) in [5.74, 6) is 0.0352. The highest BCUT2D eigenvalue weighted by Gasteiger charge is 2.28.